The van der Waals surface area contributed by atoms with Crippen LogP contribution in [0.15, 0.2) is 16.9 Å². The summed E-state index contributed by atoms with van der Waals surface area (Å²) in [5, 5.41) is 3.29. The normalized spacial score (nSPS) is 11.2. The fraction of sp³-hybridized carbons (Fsp3) is 0.667. The first-order valence-electron chi connectivity index (χ1n) is 6.96. The van der Waals surface area contributed by atoms with Gasteiger partial charge in [0, 0.05) is 24.3 Å². The van der Waals surface area contributed by atoms with Crippen molar-refractivity contribution in [1.29, 1.82) is 0 Å². The van der Waals surface area contributed by atoms with Crippen LogP contribution in [0.25, 0.3) is 0 Å². The molecule has 1 N–H and O–H groups in total. The van der Waals surface area contributed by atoms with E-state index in [0.717, 1.165) is 37.2 Å². The number of aromatic nitrogens is 1. The predicted octanol–water partition coefficient (Wildman–Crippen LogP) is 2.70. The number of nitrogens with one attached hydrogen (secondary N) is 1. The van der Waals surface area contributed by atoms with Crippen LogP contribution in [-0.2, 0) is 13.1 Å². The zero-order chi connectivity index (χ0) is 13.5. The summed E-state index contributed by atoms with van der Waals surface area (Å²) in [6, 6.07) is 4.00. The van der Waals surface area contributed by atoms with Gasteiger partial charge in [-0.1, -0.05) is 26.8 Å². The summed E-state index contributed by atoms with van der Waals surface area (Å²) in [5.41, 5.74) is 2.09. The highest BCUT2D eigenvalue weighted by Crippen LogP contribution is 2.05. The van der Waals surface area contributed by atoms with Crippen molar-refractivity contribution in [3.8, 4) is 0 Å². The van der Waals surface area contributed by atoms with E-state index in [2.05, 4.69) is 26.1 Å². The summed E-state index contributed by atoms with van der Waals surface area (Å²) < 4.78 is 1.91. The van der Waals surface area contributed by atoms with E-state index >= 15 is 0 Å². The predicted molar refractivity (Wildman–Crippen MR) is 76.9 cm³/mol. The van der Waals surface area contributed by atoms with Gasteiger partial charge in [-0.15, -0.1) is 0 Å². The van der Waals surface area contributed by atoms with Crippen LogP contribution in [0, 0.1) is 12.8 Å². The van der Waals surface area contributed by atoms with Crippen molar-refractivity contribution < 1.29 is 0 Å². The van der Waals surface area contributed by atoms with Gasteiger partial charge in [0.2, 0.25) is 0 Å². The largest absolute Gasteiger partial charge is 0.313 e. The maximum atomic E-state index is 12.3. The third-order valence-corrected chi connectivity index (χ3v) is 3.14. The van der Waals surface area contributed by atoms with E-state index in [1.54, 1.807) is 0 Å². The highest BCUT2D eigenvalue weighted by atomic mass is 16.1. The Kier molecular flexibility index (Phi) is 6.13. The fourth-order valence-electron chi connectivity index (χ4n) is 1.92. The molecule has 0 aliphatic rings. The highest BCUT2D eigenvalue weighted by molar-refractivity contribution is 5.15. The van der Waals surface area contributed by atoms with Crippen molar-refractivity contribution in [3.05, 3.63) is 33.7 Å². The summed E-state index contributed by atoms with van der Waals surface area (Å²) in [6.07, 6.45) is 2.14. The van der Waals surface area contributed by atoms with Crippen LogP contribution in [0.2, 0.25) is 0 Å². The van der Waals surface area contributed by atoms with Crippen LogP contribution < -0.4 is 10.9 Å². The molecule has 0 bridgehead atoms. The Morgan fingerprint density at radius 1 is 1.33 bits per heavy atom. The Balaban J connectivity index is 2.82. The second kappa shape index (κ2) is 7.37. The Morgan fingerprint density at radius 3 is 2.67 bits per heavy atom. The van der Waals surface area contributed by atoms with E-state index in [1.165, 1.54) is 0 Å². The van der Waals surface area contributed by atoms with E-state index in [0.29, 0.717) is 12.5 Å². The molecular weight excluding hydrogens is 224 g/mol. The van der Waals surface area contributed by atoms with E-state index in [9.17, 15) is 4.79 Å². The lowest BCUT2D eigenvalue weighted by Gasteiger charge is -2.13. The lowest BCUT2D eigenvalue weighted by atomic mass is 10.1. The fourth-order valence-corrected chi connectivity index (χ4v) is 1.92. The molecule has 0 saturated carbocycles. The molecule has 0 aliphatic heterocycles. The molecule has 3 heteroatoms. The monoisotopic (exact) mass is 250 g/mol. The number of aryl methyl sites for hydroxylation is 1. The van der Waals surface area contributed by atoms with Crippen LogP contribution in [0.1, 0.15) is 44.9 Å². The van der Waals surface area contributed by atoms with E-state index in [1.807, 2.05) is 23.6 Å². The van der Waals surface area contributed by atoms with Gasteiger partial charge in [0.25, 0.3) is 5.56 Å². The zero-order valence-corrected chi connectivity index (χ0v) is 12.1. The maximum absolute atomic E-state index is 12.3. The molecule has 0 atom stereocenters. The minimum absolute atomic E-state index is 0.166. The first kappa shape index (κ1) is 15.0. The molecule has 1 rings (SSSR count). The van der Waals surface area contributed by atoms with Gasteiger partial charge in [-0.3, -0.25) is 4.79 Å². The number of nitrogens with zero attached hydrogens (tertiary/aromatic N) is 1. The lowest BCUT2D eigenvalue weighted by molar-refractivity contribution is 0.498. The van der Waals surface area contributed by atoms with Crippen LogP contribution in [0.5, 0.6) is 0 Å². The quantitative estimate of drug-likeness (QED) is 0.755. The second-order valence-electron chi connectivity index (χ2n) is 5.32. The average Bonchev–Trinajstić information content (AvgIpc) is 2.32. The van der Waals surface area contributed by atoms with E-state index < -0.39 is 0 Å². The number of rotatable bonds is 7. The molecule has 0 aliphatic carbocycles. The third kappa shape index (κ3) is 4.30. The molecule has 18 heavy (non-hydrogen) atoms. The smallest absolute Gasteiger partial charge is 0.255 e. The summed E-state index contributed by atoms with van der Waals surface area (Å²) in [5.74, 6) is 0.623. The minimum atomic E-state index is 0.166. The van der Waals surface area contributed by atoms with Crippen molar-refractivity contribution in [1.82, 2.24) is 9.88 Å². The van der Waals surface area contributed by atoms with Gasteiger partial charge in [0.05, 0.1) is 0 Å². The van der Waals surface area contributed by atoms with Crippen molar-refractivity contribution in [2.45, 2.75) is 53.6 Å². The first-order chi connectivity index (χ1) is 8.56. The molecule has 3 nitrogen and oxygen atoms in total. The molecule has 0 radical (unpaired) electrons. The Labute approximate surface area is 110 Å². The lowest BCUT2D eigenvalue weighted by Crippen LogP contribution is -2.29. The number of pyridine rings is 1. The van der Waals surface area contributed by atoms with E-state index in [-0.39, 0.29) is 5.56 Å². The molecule has 0 saturated heterocycles. The molecule has 0 amide bonds. The van der Waals surface area contributed by atoms with Gasteiger partial charge in [-0.25, -0.2) is 0 Å². The van der Waals surface area contributed by atoms with Crippen LogP contribution >= 0.6 is 0 Å². The van der Waals surface area contributed by atoms with Gasteiger partial charge >= 0.3 is 0 Å². The summed E-state index contributed by atoms with van der Waals surface area (Å²) >= 11 is 0. The minimum Gasteiger partial charge on any atom is -0.313 e. The van der Waals surface area contributed by atoms with Gasteiger partial charge in [0.1, 0.15) is 0 Å². The number of hydrogen-bond acceptors (Lipinski definition) is 2. The van der Waals surface area contributed by atoms with E-state index in [4.69, 9.17) is 0 Å². The van der Waals surface area contributed by atoms with Crippen LogP contribution in [0.4, 0.5) is 0 Å². The second-order valence-corrected chi connectivity index (χ2v) is 5.32. The van der Waals surface area contributed by atoms with Crippen LogP contribution in [0.3, 0.4) is 0 Å². The summed E-state index contributed by atoms with van der Waals surface area (Å²) in [4.78, 5) is 12.3. The molecule has 0 fully saturated rings. The molecule has 1 heterocycles. The first-order valence-corrected chi connectivity index (χ1v) is 6.96. The maximum Gasteiger partial charge on any atom is 0.255 e. The Morgan fingerprint density at radius 2 is 2.06 bits per heavy atom. The molecule has 1 aromatic heterocycles. The topological polar surface area (TPSA) is 34.0 Å². The van der Waals surface area contributed by atoms with Crippen molar-refractivity contribution >= 4 is 0 Å². The van der Waals surface area contributed by atoms with Gasteiger partial charge < -0.3 is 9.88 Å². The molecular formula is C15H26N2O. The molecule has 0 aromatic carbocycles. The third-order valence-electron chi connectivity index (χ3n) is 3.14. The average molecular weight is 250 g/mol. The Bertz CT molecular complexity index is 421. The molecule has 0 unspecified atom stereocenters. The van der Waals surface area contributed by atoms with Crippen molar-refractivity contribution in [2.75, 3.05) is 6.54 Å². The van der Waals surface area contributed by atoms with Crippen molar-refractivity contribution in [2.24, 2.45) is 5.92 Å². The Hall–Kier alpha value is -1.09. The molecule has 102 valence electrons. The highest BCUT2D eigenvalue weighted by Gasteiger charge is 2.06. The summed E-state index contributed by atoms with van der Waals surface area (Å²) in [6.45, 7) is 11.0. The van der Waals surface area contributed by atoms with Crippen molar-refractivity contribution in [3.63, 3.8) is 0 Å². The zero-order valence-electron chi connectivity index (χ0n) is 12.1. The van der Waals surface area contributed by atoms with Crippen LogP contribution in [-0.4, -0.2) is 11.1 Å². The van der Waals surface area contributed by atoms with Gasteiger partial charge in [-0.05, 0) is 38.3 Å². The van der Waals surface area contributed by atoms with Gasteiger partial charge in [-0.2, -0.15) is 0 Å². The molecule has 0 spiro atoms. The number of hydrogen-bond donors (Lipinski definition) is 1. The molecule has 1 aromatic rings. The summed E-state index contributed by atoms with van der Waals surface area (Å²) in [7, 11) is 0. The SMILES string of the molecule is CCCNCc1ccc(C)n(CCC(C)C)c1=O. The standard InChI is InChI=1S/C15H26N2O/c1-5-9-16-11-14-7-6-13(4)17(15(14)18)10-8-12(2)3/h6-7,12,16H,5,8-11H2,1-4H3. The van der Waals surface area contributed by atoms with Gasteiger partial charge in [0.15, 0.2) is 0 Å².